The molecule has 0 spiro atoms. The van der Waals surface area contributed by atoms with Gasteiger partial charge in [0.05, 0.1) is 6.54 Å². The van der Waals surface area contributed by atoms with E-state index >= 15 is 0 Å². The van der Waals surface area contributed by atoms with E-state index in [1.54, 1.807) is 0 Å². The van der Waals surface area contributed by atoms with Crippen molar-refractivity contribution in [2.75, 3.05) is 45.8 Å². The minimum atomic E-state index is 0.170. The number of piperazine rings is 1. The van der Waals surface area contributed by atoms with Crippen LogP contribution in [0.4, 0.5) is 4.79 Å². The number of oxime groups is 1. The first-order valence-electron chi connectivity index (χ1n) is 6.93. The minimum Gasteiger partial charge on any atom is -0.409 e. The lowest BCUT2D eigenvalue weighted by Gasteiger charge is -2.38. The molecule has 2 saturated heterocycles. The number of nitrogens with two attached hydrogens (primary N) is 1. The molecule has 2 amide bonds. The zero-order valence-electron chi connectivity index (χ0n) is 11.3. The lowest BCUT2D eigenvalue weighted by Crippen LogP contribution is -2.54. The Morgan fingerprint density at radius 2 is 1.58 bits per heavy atom. The Labute approximate surface area is 113 Å². The van der Waals surface area contributed by atoms with E-state index in [0.717, 1.165) is 39.0 Å². The summed E-state index contributed by atoms with van der Waals surface area (Å²) in [7, 11) is 0. The molecule has 3 N–H and O–H groups in total. The highest BCUT2D eigenvalue weighted by molar-refractivity contribution is 5.81. The lowest BCUT2D eigenvalue weighted by molar-refractivity contribution is 0.112. The molecule has 7 nitrogen and oxygen atoms in total. The Balaban J connectivity index is 1.77. The number of hydrogen-bond acceptors (Lipinski definition) is 4. The van der Waals surface area contributed by atoms with Gasteiger partial charge in [-0.2, -0.15) is 0 Å². The normalized spacial score (nSPS) is 22.6. The van der Waals surface area contributed by atoms with E-state index in [9.17, 15) is 4.79 Å². The van der Waals surface area contributed by atoms with Crippen molar-refractivity contribution in [3.8, 4) is 0 Å². The standard InChI is InChI=1S/C12H23N5O2/c13-11(14-19)10-15-6-8-17(9-7-15)12(18)16-4-2-1-3-5-16/h19H,1-10H2,(H2,13,14). The number of urea groups is 1. The van der Waals surface area contributed by atoms with E-state index in [1.165, 1.54) is 6.42 Å². The molecule has 0 aromatic rings. The van der Waals surface area contributed by atoms with E-state index in [2.05, 4.69) is 10.1 Å². The van der Waals surface area contributed by atoms with Crippen molar-refractivity contribution >= 4 is 11.9 Å². The van der Waals surface area contributed by atoms with Gasteiger partial charge >= 0.3 is 6.03 Å². The maximum atomic E-state index is 12.3. The van der Waals surface area contributed by atoms with Gasteiger partial charge in [-0.05, 0) is 19.3 Å². The molecule has 0 saturated carbocycles. The monoisotopic (exact) mass is 269 g/mol. The Bertz CT molecular complexity index is 333. The summed E-state index contributed by atoms with van der Waals surface area (Å²) in [4.78, 5) is 18.2. The average molecular weight is 269 g/mol. The molecule has 0 aromatic heterocycles. The summed E-state index contributed by atoms with van der Waals surface area (Å²) in [6, 6.07) is 0.170. The van der Waals surface area contributed by atoms with Crippen molar-refractivity contribution in [3.05, 3.63) is 0 Å². The predicted molar refractivity (Wildman–Crippen MR) is 72.2 cm³/mol. The Morgan fingerprint density at radius 1 is 1.00 bits per heavy atom. The first kappa shape index (κ1) is 13.9. The van der Waals surface area contributed by atoms with E-state index in [1.807, 2.05) is 9.80 Å². The van der Waals surface area contributed by atoms with Crippen molar-refractivity contribution in [3.63, 3.8) is 0 Å². The fourth-order valence-electron chi connectivity index (χ4n) is 2.64. The van der Waals surface area contributed by atoms with Crippen LogP contribution in [0.2, 0.25) is 0 Å². The largest absolute Gasteiger partial charge is 0.409 e. The number of piperidine rings is 1. The predicted octanol–water partition coefficient (Wildman–Crippen LogP) is -0.0437. The summed E-state index contributed by atoms with van der Waals surface area (Å²) in [5, 5.41) is 11.5. The zero-order valence-corrected chi connectivity index (χ0v) is 11.3. The smallest absolute Gasteiger partial charge is 0.320 e. The van der Waals surface area contributed by atoms with Crippen LogP contribution in [0.25, 0.3) is 0 Å². The molecule has 0 radical (unpaired) electrons. The molecule has 19 heavy (non-hydrogen) atoms. The third kappa shape index (κ3) is 3.73. The van der Waals surface area contributed by atoms with Crippen LogP contribution in [0, 0.1) is 0 Å². The van der Waals surface area contributed by atoms with Gasteiger partial charge in [0.15, 0.2) is 5.84 Å². The molecule has 0 atom stereocenters. The number of hydrogen-bond donors (Lipinski definition) is 2. The highest BCUT2D eigenvalue weighted by Crippen LogP contribution is 2.12. The van der Waals surface area contributed by atoms with Gasteiger partial charge in [0.1, 0.15) is 0 Å². The molecular formula is C12H23N5O2. The Kier molecular flexibility index (Phi) is 4.84. The summed E-state index contributed by atoms with van der Waals surface area (Å²) in [5.74, 6) is 0.218. The van der Waals surface area contributed by atoms with Gasteiger partial charge in [0.2, 0.25) is 0 Å². The van der Waals surface area contributed by atoms with Gasteiger partial charge in [0, 0.05) is 39.3 Å². The number of likely N-dealkylation sites (tertiary alicyclic amines) is 1. The molecule has 0 aromatic carbocycles. The highest BCUT2D eigenvalue weighted by Gasteiger charge is 2.26. The first-order valence-corrected chi connectivity index (χ1v) is 6.93. The molecule has 0 unspecified atom stereocenters. The van der Waals surface area contributed by atoms with Crippen molar-refractivity contribution in [1.29, 1.82) is 0 Å². The molecule has 0 bridgehead atoms. The van der Waals surface area contributed by atoms with Crippen molar-refractivity contribution in [2.45, 2.75) is 19.3 Å². The molecule has 108 valence electrons. The third-order valence-corrected chi connectivity index (χ3v) is 3.78. The van der Waals surface area contributed by atoms with Crippen LogP contribution in [0.3, 0.4) is 0 Å². The number of amides is 2. The topological polar surface area (TPSA) is 85.4 Å². The Hall–Kier alpha value is -1.50. The second-order valence-electron chi connectivity index (χ2n) is 5.18. The molecule has 2 rings (SSSR count). The van der Waals surface area contributed by atoms with Crippen LogP contribution in [0.5, 0.6) is 0 Å². The van der Waals surface area contributed by atoms with Gasteiger partial charge in [-0.25, -0.2) is 4.79 Å². The number of carbonyl (C=O) groups is 1. The minimum absolute atomic E-state index is 0.170. The third-order valence-electron chi connectivity index (χ3n) is 3.78. The van der Waals surface area contributed by atoms with Crippen LogP contribution in [-0.2, 0) is 0 Å². The fraction of sp³-hybridized carbons (Fsp3) is 0.833. The lowest BCUT2D eigenvalue weighted by atomic mass is 10.1. The van der Waals surface area contributed by atoms with Crippen LogP contribution >= 0.6 is 0 Å². The SMILES string of the molecule is NC(CN1CCN(C(=O)N2CCCCC2)CC1)=NO. The van der Waals surface area contributed by atoms with Gasteiger partial charge in [0.25, 0.3) is 0 Å². The summed E-state index contributed by atoms with van der Waals surface area (Å²) >= 11 is 0. The summed E-state index contributed by atoms with van der Waals surface area (Å²) < 4.78 is 0. The second-order valence-corrected chi connectivity index (χ2v) is 5.18. The number of nitrogens with zero attached hydrogens (tertiary/aromatic N) is 4. The number of carbonyl (C=O) groups excluding carboxylic acids is 1. The average Bonchev–Trinajstić information content (AvgIpc) is 2.48. The quantitative estimate of drug-likeness (QED) is 0.319. The molecule has 2 aliphatic heterocycles. The van der Waals surface area contributed by atoms with Crippen LogP contribution in [0.1, 0.15) is 19.3 Å². The molecule has 2 aliphatic rings. The van der Waals surface area contributed by atoms with Gasteiger partial charge in [-0.15, -0.1) is 0 Å². The maximum Gasteiger partial charge on any atom is 0.320 e. The van der Waals surface area contributed by atoms with E-state index in [0.29, 0.717) is 19.6 Å². The Morgan fingerprint density at radius 3 is 2.16 bits per heavy atom. The van der Waals surface area contributed by atoms with Crippen molar-refractivity contribution in [2.24, 2.45) is 10.9 Å². The summed E-state index contributed by atoms with van der Waals surface area (Å²) in [6.45, 7) is 5.22. The van der Waals surface area contributed by atoms with E-state index in [-0.39, 0.29) is 11.9 Å². The van der Waals surface area contributed by atoms with Crippen LogP contribution < -0.4 is 5.73 Å². The highest BCUT2D eigenvalue weighted by atomic mass is 16.4. The van der Waals surface area contributed by atoms with Gasteiger partial charge < -0.3 is 20.7 Å². The summed E-state index contributed by atoms with van der Waals surface area (Å²) in [6.07, 6.45) is 3.47. The van der Waals surface area contributed by atoms with Crippen LogP contribution in [-0.4, -0.2) is 77.6 Å². The van der Waals surface area contributed by atoms with Crippen LogP contribution in [0.15, 0.2) is 5.16 Å². The molecule has 7 heteroatoms. The van der Waals surface area contributed by atoms with E-state index in [4.69, 9.17) is 10.9 Å². The van der Waals surface area contributed by atoms with Gasteiger partial charge in [-0.1, -0.05) is 5.16 Å². The number of rotatable bonds is 2. The zero-order chi connectivity index (χ0) is 13.7. The first-order chi connectivity index (χ1) is 9.20. The van der Waals surface area contributed by atoms with E-state index < -0.39 is 0 Å². The summed E-state index contributed by atoms with van der Waals surface area (Å²) in [5.41, 5.74) is 5.48. The second kappa shape index (κ2) is 6.60. The fourth-order valence-corrected chi connectivity index (χ4v) is 2.64. The van der Waals surface area contributed by atoms with Gasteiger partial charge in [-0.3, -0.25) is 4.90 Å². The van der Waals surface area contributed by atoms with Crippen molar-refractivity contribution in [1.82, 2.24) is 14.7 Å². The van der Waals surface area contributed by atoms with Crippen molar-refractivity contribution < 1.29 is 10.0 Å². The molecule has 2 fully saturated rings. The molecular weight excluding hydrogens is 246 g/mol. The maximum absolute atomic E-state index is 12.3. The molecule has 0 aliphatic carbocycles. The molecule has 2 heterocycles. The number of amidine groups is 1.